The molecule has 0 aliphatic carbocycles. The Labute approximate surface area is 159 Å². The lowest BCUT2D eigenvalue weighted by Gasteiger charge is -2.13. The molecule has 1 amide bonds. The lowest BCUT2D eigenvalue weighted by Crippen LogP contribution is -2.24. The lowest BCUT2D eigenvalue weighted by molar-refractivity contribution is 0.0946. The first kappa shape index (κ1) is 18.6. The van der Waals surface area contributed by atoms with E-state index in [1.54, 1.807) is 12.3 Å². The minimum atomic E-state index is -0.224. The summed E-state index contributed by atoms with van der Waals surface area (Å²) in [7, 11) is 0. The van der Waals surface area contributed by atoms with Crippen molar-refractivity contribution in [1.82, 2.24) is 15.3 Å². The first-order valence-electron chi connectivity index (χ1n) is 9.05. The van der Waals surface area contributed by atoms with Crippen molar-refractivity contribution in [3.8, 4) is 0 Å². The van der Waals surface area contributed by atoms with Gasteiger partial charge in [-0.1, -0.05) is 61.9 Å². The van der Waals surface area contributed by atoms with Gasteiger partial charge < -0.3 is 10.6 Å². The summed E-state index contributed by atoms with van der Waals surface area (Å²) in [5, 5.41) is 6.13. The van der Waals surface area contributed by atoms with Gasteiger partial charge in [0, 0.05) is 18.4 Å². The summed E-state index contributed by atoms with van der Waals surface area (Å²) in [5.41, 5.74) is 4.70. The molecule has 3 aromatic rings. The Hall–Kier alpha value is -3.21. The third-order valence-corrected chi connectivity index (χ3v) is 4.29. The van der Waals surface area contributed by atoms with Gasteiger partial charge in [-0.3, -0.25) is 4.79 Å². The maximum absolute atomic E-state index is 12.4. The van der Waals surface area contributed by atoms with Crippen LogP contribution >= 0.6 is 0 Å². The second-order valence-corrected chi connectivity index (χ2v) is 6.80. The quantitative estimate of drug-likeness (QED) is 0.675. The molecule has 0 aliphatic heterocycles. The van der Waals surface area contributed by atoms with Crippen molar-refractivity contribution in [2.24, 2.45) is 0 Å². The van der Waals surface area contributed by atoms with E-state index in [-0.39, 0.29) is 5.91 Å². The van der Waals surface area contributed by atoms with Crippen molar-refractivity contribution < 1.29 is 4.79 Å². The van der Waals surface area contributed by atoms with Crippen LogP contribution in [0.1, 0.15) is 46.9 Å². The van der Waals surface area contributed by atoms with Crippen molar-refractivity contribution in [3.63, 3.8) is 0 Å². The van der Waals surface area contributed by atoms with Crippen molar-refractivity contribution >= 4 is 17.5 Å². The lowest BCUT2D eigenvalue weighted by atomic mass is 10.0. The predicted molar refractivity (Wildman–Crippen MR) is 108 cm³/mol. The SMILES string of the molecule is Cc1ccc(CNC(=O)c2ccnc(Nc3ccccc3C(C)C)n2)cc1. The minimum absolute atomic E-state index is 0.224. The molecule has 0 atom stereocenters. The summed E-state index contributed by atoms with van der Waals surface area (Å²) in [5.74, 6) is 0.555. The number of aromatic nitrogens is 2. The number of para-hydroxylation sites is 1. The molecule has 0 unspecified atom stereocenters. The van der Waals surface area contributed by atoms with E-state index in [0.717, 1.165) is 11.3 Å². The molecule has 3 rings (SSSR count). The summed E-state index contributed by atoms with van der Waals surface area (Å²) in [4.78, 5) is 21.0. The maximum atomic E-state index is 12.4. The number of nitrogens with one attached hydrogen (secondary N) is 2. The largest absolute Gasteiger partial charge is 0.347 e. The maximum Gasteiger partial charge on any atom is 0.270 e. The molecule has 5 nitrogen and oxygen atoms in total. The second-order valence-electron chi connectivity index (χ2n) is 6.80. The summed E-state index contributed by atoms with van der Waals surface area (Å²) in [6.45, 7) is 6.77. The van der Waals surface area contributed by atoms with Gasteiger partial charge in [-0.2, -0.15) is 0 Å². The third-order valence-electron chi connectivity index (χ3n) is 4.29. The Kier molecular flexibility index (Phi) is 5.81. The molecule has 1 aromatic heterocycles. The van der Waals surface area contributed by atoms with Crippen LogP contribution in [0.3, 0.4) is 0 Å². The topological polar surface area (TPSA) is 66.9 Å². The van der Waals surface area contributed by atoms with Gasteiger partial charge in [0.25, 0.3) is 5.91 Å². The van der Waals surface area contributed by atoms with E-state index in [0.29, 0.717) is 24.1 Å². The van der Waals surface area contributed by atoms with E-state index >= 15 is 0 Å². The highest BCUT2D eigenvalue weighted by molar-refractivity contribution is 5.92. The predicted octanol–water partition coefficient (Wildman–Crippen LogP) is 4.58. The Morgan fingerprint density at radius 3 is 2.52 bits per heavy atom. The van der Waals surface area contributed by atoms with E-state index in [2.05, 4.69) is 40.5 Å². The monoisotopic (exact) mass is 360 g/mol. The standard InChI is InChI=1S/C22H24N4O/c1-15(2)18-6-4-5-7-19(18)25-22-23-13-12-20(26-22)21(27)24-14-17-10-8-16(3)9-11-17/h4-13,15H,14H2,1-3H3,(H,24,27)(H,23,25,26). The first-order chi connectivity index (χ1) is 13.0. The van der Waals surface area contributed by atoms with Crippen LogP contribution in [0.4, 0.5) is 11.6 Å². The smallest absolute Gasteiger partial charge is 0.270 e. The molecule has 138 valence electrons. The molecule has 0 spiro atoms. The van der Waals surface area contributed by atoms with E-state index in [9.17, 15) is 4.79 Å². The number of hydrogen-bond donors (Lipinski definition) is 2. The molecular formula is C22H24N4O. The van der Waals surface area contributed by atoms with Crippen LogP contribution in [0.15, 0.2) is 60.8 Å². The fourth-order valence-electron chi connectivity index (χ4n) is 2.76. The number of benzene rings is 2. The zero-order valence-electron chi connectivity index (χ0n) is 15.9. The molecule has 2 aromatic carbocycles. The van der Waals surface area contributed by atoms with Gasteiger partial charge in [0.15, 0.2) is 0 Å². The van der Waals surface area contributed by atoms with Gasteiger partial charge in [-0.25, -0.2) is 9.97 Å². The Balaban J connectivity index is 1.70. The van der Waals surface area contributed by atoms with Gasteiger partial charge >= 0.3 is 0 Å². The highest BCUT2D eigenvalue weighted by Crippen LogP contribution is 2.25. The van der Waals surface area contributed by atoms with Crippen LogP contribution in [-0.2, 0) is 6.54 Å². The zero-order valence-corrected chi connectivity index (χ0v) is 15.9. The van der Waals surface area contributed by atoms with Crippen LogP contribution in [0.5, 0.6) is 0 Å². The molecule has 0 aliphatic rings. The molecule has 0 saturated carbocycles. The summed E-state index contributed by atoms with van der Waals surface area (Å²) in [6.07, 6.45) is 1.59. The molecule has 1 heterocycles. The average molecular weight is 360 g/mol. The fraction of sp³-hybridized carbons (Fsp3) is 0.227. The zero-order chi connectivity index (χ0) is 19.2. The van der Waals surface area contributed by atoms with E-state index in [4.69, 9.17) is 0 Å². The summed E-state index contributed by atoms with van der Waals surface area (Å²) >= 11 is 0. The van der Waals surface area contributed by atoms with Gasteiger partial charge in [0.1, 0.15) is 5.69 Å². The van der Waals surface area contributed by atoms with Crippen molar-refractivity contribution in [3.05, 3.63) is 83.2 Å². The van der Waals surface area contributed by atoms with Gasteiger partial charge in [-0.15, -0.1) is 0 Å². The molecule has 27 heavy (non-hydrogen) atoms. The highest BCUT2D eigenvalue weighted by Gasteiger charge is 2.11. The van der Waals surface area contributed by atoms with Crippen molar-refractivity contribution in [2.75, 3.05) is 5.32 Å². The van der Waals surface area contributed by atoms with Crippen LogP contribution in [0.25, 0.3) is 0 Å². The third kappa shape index (κ3) is 4.91. The van der Waals surface area contributed by atoms with E-state index in [1.165, 1.54) is 11.1 Å². The first-order valence-corrected chi connectivity index (χ1v) is 9.05. The van der Waals surface area contributed by atoms with Crippen LogP contribution in [-0.4, -0.2) is 15.9 Å². The van der Waals surface area contributed by atoms with Gasteiger partial charge in [-0.05, 0) is 36.1 Å². The second kappa shape index (κ2) is 8.45. The molecular weight excluding hydrogens is 336 g/mol. The fourth-order valence-corrected chi connectivity index (χ4v) is 2.76. The molecule has 5 heteroatoms. The van der Waals surface area contributed by atoms with Crippen LogP contribution < -0.4 is 10.6 Å². The molecule has 0 radical (unpaired) electrons. The minimum Gasteiger partial charge on any atom is -0.347 e. The van der Waals surface area contributed by atoms with E-state index in [1.807, 2.05) is 49.4 Å². The summed E-state index contributed by atoms with van der Waals surface area (Å²) < 4.78 is 0. The Morgan fingerprint density at radius 1 is 1.04 bits per heavy atom. The van der Waals surface area contributed by atoms with Crippen LogP contribution in [0, 0.1) is 6.92 Å². The highest BCUT2D eigenvalue weighted by atomic mass is 16.1. The average Bonchev–Trinajstić information content (AvgIpc) is 2.68. The molecule has 2 N–H and O–H groups in total. The number of carbonyl (C=O) groups excluding carboxylic acids is 1. The number of nitrogens with zero attached hydrogens (tertiary/aromatic N) is 2. The Morgan fingerprint density at radius 2 is 1.78 bits per heavy atom. The van der Waals surface area contributed by atoms with Crippen molar-refractivity contribution in [2.45, 2.75) is 33.2 Å². The van der Waals surface area contributed by atoms with Gasteiger partial charge in [0.05, 0.1) is 0 Å². The van der Waals surface area contributed by atoms with E-state index < -0.39 is 0 Å². The number of hydrogen-bond acceptors (Lipinski definition) is 4. The van der Waals surface area contributed by atoms with Crippen LogP contribution in [0.2, 0.25) is 0 Å². The van der Waals surface area contributed by atoms with Gasteiger partial charge in [0.2, 0.25) is 5.95 Å². The van der Waals surface area contributed by atoms with Crippen molar-refractivity contribution in [1.29, 1.82) is 0 Å². The molecule has 0 bridgehead atoms. The Bertz CT molecular complexity index is 920. The number of anilines is 2. The molecule has 0 fully saturated rings. The summed E-state index contributed by atoms with van der Waals surface area (Å²) in [6, 6.07) is 17.7. The normalized spacial score (nSPS) is 10.7. The number of carbonyl (C=O) groups is 1. The number of amides is 1. The number of aryl methyl sites for hydroxylation is 1. The number of rotatable bonds is 6. The molecule has 0 saturated heterocycles.